The second kappa shape index (κ2) is 7.30. The van der Waals surface area contributed by atoms with E-state index >= 15 is 0 Å². The molecule has 1 unspecified atom stereocenters. The zero-order valence-corrected chi connectivity index (χ0v) is 14.6. The third-order valence-electron chi connectivity index (χ3n) is 4.74. The molecule has 1 fully saturated rings. The average Bonchev–Trinajstić information content (AvgIpc) is 2.80. The number of hydrogen-bond donors (Lipinski definition) is 0. The lowest BCUT2D eigenvalue weighted by Crippen LogP contribution is -2.35. The van der Waals surface area contributed by atoms with Gasteiger partial charge in [-0.15, -0.1) is 0 Å². The van der Waals surface area contributed by atoms with Crippen LogP contribution in [0.15, 0.2) is 60.8 Å². The number of hydrogen-bond acceptors (Lipinski definition) is 3. The average molecular weight is 336 g/mol. The molecule has 1 aliphatic rings. The molecule has 1 aliphatic heterocycles. The van der Waals surface area contributed by atoms with Gasteiger partial charge in [-0.25, -0.2) is 0 Å². The molecule has 4 nitrogen and oxygen atoms in total. The summed E-state index contributed by atoms with van der Waals surface area (Å²) in [5.74, 6) is 0.906. The van der Waals surface area contributed by atoms with Crippen LogP contribution in [0.5, 0.6) is 5.75 Å². The highest BCUT2D eigenvalue weighted by Crippen LogP contribution is 2.22. The maximum Gasteiger partial charge on any atom is 0.135 e. The molecule has 3 aromatic rings. The van der Waals surface area contributed by atoms with Crippen molar-refractivity contribution in [2.24, 2.45) is 7.05 Å². The van der Waals surface area contributed by atoms with Gasteiger partial charge in [0.2, 0.25) is 0 Å². The van der Waals surface area contributed by atoms with E-state index in [9.17, 15) is 0 Å². The minimum Gasteiger partial charge on any atom is -0.487 e. The summed E-state index contributed by atoms with van der Waals surface area (Å²) < 4.78 is 14.1. The number of fused-ring (bicyclic) bond motifs is 1. The molecule has 0 aliphatic carbocycles. The summed E-state index contributed by atoms with van der Waals surface area (Å²) in [6.45, 7) is 4.11. The second-order valence-corrected chi connectivity index (χ2v) is 6.65. The van der Waals surface area contributed by atoms with Crippen molar-refractivity contribution in [2.75, 3.05) is 26.3 Å². The van der Waals surface area contributed by atoms with E-state index in [-0.39, 0.29) is 6.10 Å². The molecule has 0 N–H and O–H groups in total. The number of ether oxygens (including phenoxy) is 2. The molecular formula is C21H24N2O2. The summed E-state index contributed by atoms with van der Waals surface area (Å²) in [4.78, 5) is 2.43. The Hall–Kier alpha value is -2.30. The van der Waals surface area contributed by atoms with E-state index < -0.39 is 0 Å². The fraction of sp³-hybridized carbons (Fsp3) is 0.333. The van der Waals surface area contributed by atoms with Crippen LogP contribution in [0.1, 0.15) is 5.56 Å². The minimum absolute atomic E-state index is 0.0554. The highest BCUT2D eigenvalue weighted by atomic mass is 16.5. The Morgan fingerprint density at radius 3 is 2.76 bits per heavy atom. The molecule has 0 spiro atoms. The van der Waals surface area contributed by atoms with Gasteiger partial charge in [0.15, 0.2) is 0 Å². The van der Waals surface area contributed by atoms with E-state index in [1.165, 1.54) is 16.5 Å². The monoisotopic (exact) mass is 336 g/mol. The molecule has 25 heavy (non-hydrogen) atoms. The highest BCUT2D eigenvalue weighted by molar-refractivity contribution is 5.83. The quantitative estimate of drug-likeness (QED) is 0.730. The Kier molecular flexibility index (Phi) is 4.72. The van der Waals surface area contributed by atoms with Gasteiger partial charge in [0.1, 0.15) is 11.9 Å². The third-order valence-corrected chi connectivity index (χ3v) is 4.74. The number of aryl methyl sites for hydroxylation is 1. The van der Waals surface area contributed by atoms with E-state index in [2.05, 4.69) is 47.0 Å². The molecular weight excluding hydrogens is 312 g/mol. The van der Waals surface area contributed by atoms with Gasteiger partial charge < -0.3 is 14.0 Å². The number of nitrogens with zero attached hydrogens (tertiary/aromatic N) is 2. The lowest BCUT2D eigenvalue weighted by molar-refractivity contribution is 0.0710. The predicted molar refractivity (Wildman–Crippen MR) is 99.9 cm³/mol. The van der Waals surface area contributed by atoms with Crippen LogP contribution < -0.4 is 4.74 Å². The molecule has 1 atom stereocenters. The van der Waals surface area contributed by atoms with Crippen molar-refractivity contribution in [3.63, 3.8) is 0 Å². The zero-order chi connectivity index (χ0) is 17.1. The lowest BCUT2D eigenvalue weighted by Gasteiger charge is -2.23. The normalized spacial score (nSPS) is 19.0. The van der Waals surface area contributed by atoms with Crippen LogP contribution in [-0.2, 0) is 18.3 Å². The minimum atomic E-state index is 0.0554. The fourth-order valence-electron chi connectivity index (χ4n) is 3.54. The maximum atomic E-state index is 6.12. The smallest absolute Gasteiger partial charge is 0.135 e. The van der Waals surface area contributed by atoms with Gasteiger partial charge in [-0.1, -0.05) is 36.4 Å². The summed E-state index contributed by atoms with van der Waals surface area (Å²) in [5.41, 5.74) is 2.64. The van der Waals surface area contributed by atoms with Crippen LogP contribution >= 0.6 is 0 Å². The fourth-order valence-corrected chi connectivity index (χ4v) is 3.54. The van der Waals surface area contributed by atoms with E-state index in [1.807, 2.05) is 30.3 Å². The first-order valence-corrected chi connectivity index (χ1v) is 8.84. The van der Waals surface area contributed by atoms with E-state index in [0.29, 0.717) is 6.61 Å². The lowest BCUT2D eigenvalue weighted by atomic mass is 10.1. The van der Waals surface area contributed by atoms with Crippen molar-refractivity contribution < 1.29 is 9.47 Å². The predicted octanol–water partition coefficient (Wildman–Crippen LogP) is 3.46. The van der Waals surface area contributed by atoms with Gasteiger partial charge in [-0.2, -0.15) is 0 Å². The van der Waals surface area contributed by atoms with Gasteiger partial charge in [0.25, 0.3) is 0 Å². The van der Waals surface area contributed by atoms with E-state index in [1.54, 1.807) is 0 Å². The molecule has 0 saturated carbocycles. The van der Waals surface area contributed by atoms with Crippen LogP contribution in [0.25, 0.3) is 10.9 Å². The summed E-state index contributed by atoms with van der Waals surface area (Å²) in [5, 5.41) is 1.33. The van der Waals surface area contributed by atoms with Gasteiger partial charge in [-0.3, -0.25) is 4.90 Å². The summed E-state index contributed by atoms with van der Waals surface area (Å²) in [6.07, 6.45) is 2.29. The van der Waals surface area contributed by atoms with Gasteiger partial charge in [0, 0.05) is 43.8 Å². The number of para-hydroxylation sites is 2. The largest absolute Gasteiger partial charge is 0.487 e. The number of benzene rings is 2. The maximum absolute atomic E-state index is 6.12. The molecule has 4 rings (SSSR count). The summed E-state index contributed by atoms with van der Waals surface area (Å²) in [6, 6.07) is 18.6. The number of aromatic nitrogens is 1. The van der Waals surface area contributed by atoms with Crippen molar-refractivity contribution in [1.82, 2.24) is 9.47 Å². The van der Waals surface area contributed by atoms with Crippen molar-refractivity contribution in [3.05, 3.63) is 66.4 Å². The van der Waals surface area contributed by atoms with Crippen molar-refractivity contribution >= 4 is 10.9 Å². The van der Waals surface area contributed by atoms with Crippen LogP contribution in [-0.4, -0.2) is 41.9 Å². The first kappa shape index (κ1) is 16.2. The Balaban J connectivity index is 1.49. The number of rotatable bonds is 4. The van der Waals surface area contributed by atoms with Gasteiger partial charge in [0.05, 0.1) is 13.2 Å². The molecule has 0 amide bonds. The molecule has 1 aromatic heterocycles. The topological polar surface area (TPSA) is 26.6 Å². The summed E-state index contributed by atoms with van der Waals surface area (Å²) >= 11 is 0. The molecule has 1 saturated heterocycles. The first-order chi connectivity index (χ1) is 12.3. The molecule has 4 heteroatoms. The van der Waals surface area contributed by atoms with Crippen molar-refractivity contribution in [3.8, 4) is 5.75 Å². The molecule has 2 aromatic carbocycles. The van der Waals surface area contributed by atoms with E-state index in [0.717, 1.165) is 32.0 Å². The van der Waals surface area contributed by atoms with Gasteiger partial charge >= 0.3 is 0 Å². The summed E-state index contributed by atoms with van der Waals surface area (Å²) in [7, 11) is 2.11. The molecule has 130 valence electrons. The molecule has 2 heterocycles. The van der Waals surface area contributed by atoms with Crippen LogP contribution in [0.2, 0.25) is 0 Å². The Labute approximate surface area is 148 Å². The Morgan fingerprint density at radius 1 is 1.08 bits per heavy atom. The molecule has 0 bridgehead atoms. The Bertz CT molecular complexity index is 828. The van der Waals surface area contributed by atoms with Crippen molar-refractivity contribution in [2.45, 2.75) is 12.6 Å². The van der Waals surface area contributed by atoms with Gasteiger partial charge in [-0.05, 0) is 23.8 Å². The first-order valence-electron chi connectivity index (χ1n) is 8.84. The third kappa shape index (κ3) is 3.70. The highest BCUT2D eigenvalue weighted by Gasteiger charge is 2.21. The standard InChI is InChI=1S/C21H24N2O2/c1-22-13-17(20-9-5-6-10-21(20)22)14-23-11-12-24-16-19(15-23)25-18-7-3-2-4-8-18/h2-10,13,19H,11-12,14-16H2,1H3. The SMILES string of the molecule is Cn1cc(CN2CCOCC(Oc3ccccc3)C2)c2ccccc21. The van der Waals surface area contributed by atoms with Crippen LogP contribution in [0, 0.1) is 0 Å². The van der Waals surface area contributed by atoms with Crippen molar-refractivity contribution in [1.29, 1.82) is 0 Å². The van der Waals surface area contributed by atoms with Crippen LogP contribution in [0.4, 0.5) is 0 Å². The van der Waals surface area contributed by atoms with Crippen LogP contribution in [0.3, 0.4) is 0 Å². The van der Waals surface area contributed by atoms with E-state index in [4.69, 9.17) is 9.47 Å². The Morgan fingerprint density at radius 2 is 1.88 bits per heavy atom. The second-order valence-electron chi connectivity index (χ2n) is 6.65. The zero-order valence-electron chi connectivity index (χ0n) is 14.6. The molecule has 0 radical (unpaired) electrons.